The number of rotatable bonds is 5. The molecule has 3 rings (SSSR count). The maximum Gasteiger partial charge on any atom is 0.252 e. The topological polar surface area (TPSA) is 67.0 Å². The van der Waals surface area contributed by atoms with E-state index in [0.717, 1.165) is 44.7 Å². The van der Waals surface area contributed by atoms with Gasteiger partial charge in [-0.2, -0.15) is 0 Å². The number of aromatic nitrogens is 2. The number of anilines is 1. The third-order valence-electron chi connectivity index (χ3n) is 3.52. The van der Waals surface area contributed by atoms with Crippen LogP contribution in [0.25, 0.3) is 0 Å². The minimum Gasteiger partial charge on any atom is -0.378 e. The fraction of sp³-hybridized carbons (Fsp3) is 0.692. The van der Waals surface area contributed by atoms with Crippen LogP contribution in [0.2, 0.25) is 0 Å². The van der Waals surface area contributed by atoms with Gasteiger partial charge in [-0.15, -0.1) is 0 Å². The molecule has 2 heterocycles. The van der Waals surface area contributed by atoms with Crippen molar-refractivity contribution in [1.82, 2.24) is 9.97 Å². The van der Waals surface area contributed by atoms with Crippen molar-refractivity contribution in [1.29, 1.82) is 0 Å². The van der Waals surface area contributed by atoms with Crippen LogP contribution >= 0.6 is 0 Å². The Balaban J connectivity index is 1.56. The largest absolute Gasteiger partial charge is 0.378 e. The molecule has 2 N–H and O–H groups in total. The van der Waals surface area contributed by atoms with Gasteiger partial charge in [0.25, 0.3) is 5.56 Å². The molecule has 18 heavy (non-hydrogen) atoms. The monoisotopic (exact) mass is 249 g/mol. The van der Waals surface area contributed by atoms with Crippen molar-refractivity contribution in [3.63, 3.8) is 0 Å². The molecular formula is C13H19N3O2. The van der Waals surface area contributed by atoms with Gasteiger partial charge in [0, 0.05) is 25.1 Å². The molecule has 2 fully saturated rings. The Morgan fingerprint density at radius 3 is 3.06 bits per heavy atom. The molecule has 5 nitrogen and oxygen atoms in total. The molecule has 1 saturated heterocycles. The van der Waals surface area contributed by atoms with Crippen molar-refractivity contribution < 1.29 is 4.74 Å². The van der Waals surface area contributed by atoms with Crippen LogP contribution in [-0.2, 0) is 4.74 Å². The molecule has 1 atom stereocenters. The Morgan fingerprint density at radius 1 is 1.44 bits per heavy atom. The standard InChI is InChI=1S/C13H19N3O2/c17-12-8-11(15-13(16-12)9-3-4-9)14-6-5-10-2-1-7-18-10/h8-10H,1-7H2,(H2,14,15,16,17). The second-order valence-electron chi connectivity index (χ2n) is 5.14. The highest BCUT2D eigenvalue weighted by atomic mass is 16.5. The molecule has 5 heteroatoms. The van der Waals surface area contributed by atoms with Crippen LogP contribution in [0.4, 0.5) is 5.82 Å². The predicted octanol–water partition coefficient (Wildman–Crippen LogP) is 1.63. The van der Waals surface area contributed by atoms with Crippen LogP contribution in [0, 0.1) is 0 Å². The highest BCUT2D eigenvalue weighted by molar-refractivity contribution is 5.33. The number of hydrogen-bond donors (Lipinski definition) is 2. The van der Waals surface area contributed by atoms with E-state index in [9.17, 15) is 4.79 Å². The van der Waals surface area contributed by atoms with Gasteiger partial charge in [-0.1, -0.05) is 0 Å². The molecule has 0 radical (unpaired) electrons. The van der Waals surface area contributed by atoms with Crippen molar-refractivity contribution in [3.05, 3.63) is 22.2 Å². The second kappa shape index (κ2) is 5.10. The number of aromatic amines is 1. The van der Waals surface area contributed by atoms with E-state index in [4.69, 9.17) is 4.74 Å². The van der Waals surface area contributed by atoms with Gasteiger partial charge >= 0.3 is 0 Å². The van der Waals surface area contributed by atoms with Crippen molar-refractivity contribution in [3.8, 4) is 0 Å². The van der Waals surface area contributed by atoms with Gasteiger partial charge in [0.15, 0.2) is 0 Å². The number of H-pyrrole nitrogens is 1. The first-order valence-electron chi connectivity index (χ1n) is 6.78. The van der Waals surface area contributed by atoms with Gasteiger partial charge in [0.05, 0.1) is 6.10 Å². The van der Waals surface area contributed by atoms with Crippen molar-refractivity contribution in [2.24, 2.45) is 0 Å². The maximum atomic E-state index is 11.5. The number of nitrogens with zero attached hydrogens (tertiary/aromatic N) is 1. The van der Waals surface area contributed by atoms with Crippen LogP contribution in [0.1, 0.15) is 43.8 Å². The first kappa shape index (κ1) is 11.7. The molecule has 1 aromatic rings. The summed E-state index contributed by atoms with van der Waals surface area (Å²) in [5.74, 6) is 2.00. The van der Waals surface area contributed by atoms with E-state index in [1.54, 1.807) is 0 Å². The molecule has 98 valence electrons. The average molecular weight is 249 g/mol. The summed E-state index contributed by atoms with van der Waals surface area (Å²) in [7, 11) is 0. The number of ether oxygens (including phenoxy) is 1. The van der Waals surface area contributed by atoms with Gasteiger partial charge in [-0.3, -0.25) is 4.79 Å². The molecule has 1 aliphatic carbocycles. The summed E-state index contributed by atoms with van der Waals surface area (Å²) in [6, 6.07) is 1.53. The zero-order valence-corrected chi connectivity index (χ0v) is 10.4. The summed E-state index contributed by atoms with van der Waals surface area (Å²) in [5.41, 5.74) is -0.0634. The van der Waals surface area contributed by atoms with Gasteiger partial charge in [0.1, 0.15) is 11.6 Å². The molecule has 2 aliphatic rings. The minimum atomic E-state index is -0.0634. The van der Waals surface area contributed by atoms with E-state index in [1.807, 2.05) is 0 Å². The lowest BCUT2D eigenvalue weighted by molar-refractivity contribution is 0.107. The highest BCUT2D eigenvalue weighted by Gasteiger charge is 2.26. The van der Waals surface area contributed by atoms with E-state index in [2.05, 4.69) is 15.3 Å². The lowest BCUT2D eigenvalue weighted by Crippen LogP contribution is -2.16. The Kier molecular flexibility index (Phi) is 3.32. The van der Waals surface area contributed by atoms with E-state index in [1.165, 1.54) is 12.5 Å². The fourth-order valence-corrected chi connectivity index (χ4v) is 2.35. The minimum absolute atomic E-state index is 0.0634. The Morgan fingerprint density at radius 2 is 2.33 bits per heavy atom. The zero-order valence-electron chi connectivity index (χ0n) is 10.4. The Bertz CT molecular complexity index is 462. The summed E-state index contributed by atoms with van der Waals surface area (Å²) in [5, 5.41) is 3.22. The van der Waals surface area contributed by atoms with Gasteiger partial charge in [-0.05, 0) is 32.1 Å². The van der Waals surface area contributed by atoms with Crippen molar-refractivity contribution in [2.45, 2.75) is 44.1 Å². The summed E-state index contributed by atoms with van der Waals surface area (Å²) in [4.78, 5) is 18.8. The van der Waals surface area contributed by atoms with Crippen LogP contribution in [0.5, 0.6) is 0 Å². The summed E-state index contributed by atoms with van der Waals surface area (Å²) < 4.78 is 5.56. The molecule has 0 spiro atoms. The molecule has 0 amide bonds. The van der Waals surface area contributed by atoms with Crippen molar-refractivity contribution >= 4 is 5.82 Å². The quantitative estimate of drug-likeness (QED) is 0.832. The first-order valence-corrected chi connectivity index (χ1v) is 6.78. The highest BCUT2D eigenvalue weighted by Crippen LogP contribution is 2.37. The Hall–Kier alpha value is -1.36. The first-order chi connectivity index (χ1) is 8.81. The van der Waals surface area contributed by atoms with E-state index in [0.29, 0.717) is 17.8 Å². The van der Waals surface area contributed by atoms with Gasteiger partial charge in [0.2, 0.25) is 0 Å². The smallest absolute Gasteiger partial charge is 0.252 e. The van der Waals surface area contributed by atoms with Crippen molar-refractivity contribution in [2.75, 3.05) is 18.5 Å². The zero-order chi connectivity index (χ0) is 12.4. The number of hydrogen-bond acceptors (Lipinski definition) is 4. The lowest BCUT2D eigenvalue weighted by atomic mass is 10.2. The van der Waals surface area contributed by atoms with Crippen LogP contribution in [0.3, 0.4) is 0 Å². The third kappa shape index (κ3) is 2.90. The lowest BCUT2D eigenvalue weighted by Gasteiger charge is -2.10. The van der Waals surface area contributed by atoms with Crippen LogP contribution in [0.15, 0.2) is 10.9 Å². The normalized spacial score (nSPS) is 23.2. The summed E-state index contributed by atoms with van der Waals surface area (Å²) in [6.07, 6.45) is 5.96. The maximum absolute atomic E-state index is 11.5. The number of nitrogens with one attached hydrogen (secondary N) is 2. The van der Waals surface area contributed by atoms with E-state index >= 15 is 0 Å². The molecule has 0 aromatic carbocycles. The third-order valence-corrected chi connectivity index (χ3v) is 3.52. The van der Waals surface area contributed by atoms with Gasteiger partial charge in [-0.25, -0.2) is 4.98 Å². The average Bonchev–Trinajstić information content (AvgIpc) is 3.08. The Labute approximate surface area is 106 Å². The SMILES string of the molecule is O=c1cc(NCCC2CCCO2)nc(C2CC2)[nH]1. The fourth-order valence-electron chi connectivity index (χ4n) is 2.35. The van der Waals surface area contributed by atoms with Crippen LogP contribution in [-0.4, -0.2) is 29.2 Å². The van der Waals surface area contributed by atoms with E-state index in [-0.39, 0.29) is 5.56 Å². The predicted molar refractivity (Wildman–Crippen MR) is 68.9 cm³/mol. The molecule has 1 aliphatic heterocycles. The molecular weight excluding hydrogens is 230 g/mol. The summed E-state index contributed by atoms with van der Waals surface area (Å²) >= 11 is 0. The van der Waals surface area contributed by atoms with E-state index < -0.39 is 0 Å². The molecule has 1 saturated carbocycles. The summed E-state index contributed by atoms with van der Waals surface area (Å²) in [6.45, 7) is 1.70. The second-order valence-corrected chi connectivity index (χ2v) is 5.14. The molecule has 1 aromatic heterocycles. The molecule has 1 unspecified atom stereocenters. The van der Waals surface area contributed by atoms with Crippen LogP contribution < -0.4 is 10.9 Å². The molecule has 0 bridgehead atoms. The van der Waals surface area contributed by atoms with Gasteiger partial charge < -0.3 is 15.0 Å².